The second-order valence-corrected chi connectivity index (χ2v) is 7.25. The van der Waals surface area contributed by atoms with E-state index in [-0.39, 0.29) is 0 Å². The van der Waals surface area contributed by atoms with Gasteiger partial charge >= 0.3 is 5.97 Å². The molecule has 2 atom stereocenters. The summed E-state index contributed by atoms with van der Waals surface area (Å²) in [5.41, 5.74) is 5.23. The van der Waals surface area contributed by atoms with Crippen LogP contribution in [-0.2, 0) is 4.84 Å². The Balaban J connectivity index is 1.58. The van der Waals surface area contributed by atoms with Crippen molar-refractivity contribution in [2.75, 3.05) is 0 Å². The van der Waals surface area contributed by atoms with Gasteiger partial charge in [0.25, 0.3) is 0 Å². The molecular weight excluding hydrogens is 310 g/mol. The molecule has 1 saturated carbocycles. The second-order valence-electron chi connectivity index (χ2n) is 7.25. The van der Waals surface area contributed by atoms with Gasteiger partial charge in [-0.3, -0.25) is 0 Å². The molecule has 2 aromatic carbocycles. The lowest BCUT2D eigenvalue weighted by Gasteiger charge is -2.06. The Bertz CT molecular complexity index is 773. The molecule has 0 bridgehead atoms. The van der Waals surface area contributed by atoms with Gasteiger partial charge in [-0.2, -0.15) is 0 Å². The summed E-state index contributed by atoms with van der Waals surface area (Å²) < 4.78 is 0. The van der Waals surface area contributed by atoms with Crippen LogP contribution in [0.5, 0.6) is 0 Å². The lowest BCUT2D eigenvalue weighted by Crippen LogP contribution is -2.04. The molecule has 130 valence electrons. The van der Waals surface area contributed by atoms with Crippen molar-refractivity contribution in [3.8, 4) is 0 Å². The average Bonchev–Trinajstić information content (AvgIpc) is 3.41. The zero-order valence-corrected chi connectivity index (χ0v) is 15.3. The fraction of sp³-hybridized carbons (Fsp3) is 0.364. The summed E-state index contributed by atoms with van der Waals surface area (Å²) in [6.45, 7) is 8.33. The highest BCUT2D eigenvalue weighted by Crippen LogP contribution is 2.48. The van der Waals surface area contributed by atoms with E-state index >= 15 is 0 Å². The van der Waals surface area contributed by atoms with E-state index in [1.165, 1.54) is 11.1 Å². The summed E-state index contributed by atoms with van der Waals surface area (Å²) in [6, 6.07) is 16.2. The minimum Gasteiger partial charge on any atom is -0.313 e. The molecule has 0 amide bonds. The molecule has 1 aliphatic carbocycles. The van der Waals surface area contributed by atoms with Crippen molar-refractivity contribution in [3.63, 3.8) is 0 Å². The molecule has 3 heteroatoms. The SMILES string of the molecule is C/C(=N/OC(=O)c1ccc(C)cc1)[C@@H]1C[C@H]1c1ccc(C(C)C)cc1. The first-order valence-corrected chi connectivity index (χ1v) is 8.88. The van der Waals surface area contributed by atoms with Crippen molar-refractivity contribution < 1.29 is 9.63 Å². The molecule has 3 rings (SSSR count). The van der Waals surface area contributed by atoms with Gasteiger partial charge in [-0.15, -0.1) is 0 Å². The predicted molar refractivity (Wildman–Crippen MR) is 101 cm³/mol. The van der Waals surface area contributed by atoms with Crippen LogP contribution in [0.2, 0.25) is 0 Å². The summed E-state index contributed by atoms with van der Waals surface area (Å²) in [5.74, 6) is 1.00. The molecule has 3 nitrogen and oxygen atoms in total. The number of hydrogen-bond donors (Lipinski definition) is 0. The Labute approximate surface area is 149 Å². The number of aryl methyl sites for hydroxylation is 1. The largest absolute Gasteiger partial charge is 0.365 e. The average molecular weight is 335 g/mol. The van der Waals surface area contributed by atoms with Gasteiger partial charge in [-0.25, -0.2) is 4.79 Å². The number of benzene rings is 2. The van der Waals surface area contributed by atoms with Crippen LogP contribution in [0.4, 0.5) is 0 Å². The molecule has 25 heavy (non-hydrogen) atoms. The molecule has 0 spiro atoms. The number of carbonyl (C=O) groups is 1. The van der Waals surface area contributed by atoms with Gasteiger partial charge < -0.3 is 4.84 Å². The first kappa shape index (κ1) is 17.4. The molecule has 0 saturated heterocycles. The van der Waals surface area contributed by atoms with Crippen LogP contribution in [0.25, 0.3) is 0 Å². The standard InChI is InChI=1S/C22H25NO2/c1-14(2)17-9-11-18(12-10-17)21-13-20(21)16(4)23-25-22(24)19-7-5-15(3)6-8-19/h5-12,14,20-21H,13H2,1-4H3/b23-16-/t20-,21-/m0/s1. The number of nitrogens with zero attached hydrogens (tertiary/aromatic N) is 1. The zero-order valence-electron chi connectivity index (χ0n) is 15.3. The van der Waals surface area contributed by atoms with Crippen LogP contribution < -0.4 is 0 Å². The Morgan fingerprint density at radius 3 is 2.32 bits per heavy atom. The van der Waals surface area contributed by atoms with Gasteiger partial charge in [-0.1, -0.05) is 61.0 Å². The van der Waals surface area contributed by atoms with Crippen LogP contribution in [-0.4, -0.2) is 11.7 Å². The van der Waals surface area contributed by atoms with E-state index in [4.69, 9.17) is 4.84 Å². The van der Waals surface area contributed by atoms with Gasteiger partial charge in [0, 0.05) is 5.92 Å². The third kappa shape index (κ3) is 4.16. The summed E-state index contributed by atoms with van der Waals surface area (Å²) >= 11 is 0. The van der Waals surface area contributed by atoms with E-state index < -0.39 is 5.97 Å². The highest BCUT2D eigenvalue weighted by Gasteiger charge is 2.40. The first-order chi connectivity index (χ1) is 12.0. The first-order valence-electron chi connectivity index (χ1n) is 8.88. The number of oxime groups is 1. The molecule has 0 heterocycles. The normalized spacial score (nSPS) is 19.8. The van der Waals surface area contributed by atoms with Crippen molar-refractivity contribution >= 4 is 11.7 Å². The monoisotopic (exact) mass is 335 g/mol. The minimum absolute atomic E-state index is 0.371. The van der Waals surface area contributed by atoms with Crippen molar-refractivity contribution in [3.05, 3.63) is 70.8 Å². The Kier molecular flexibility index (Phi) is 5.03. The summed E-state index contributed by atoms with van der Waals surface area (Å²) in [6.07, 6.45) is 1.07. The summed E-state index contributed by atoms with van der Waals surface area (Å²) in [5, 5.41) is 4.07. The van der Waals surface area contributed by atoms with Crippen molar-refractivity contribution in [2.24, 2.45) is 11.1 Å². The number of hydrogen-bond acceptors (Lipinski definition) is 3. The Hall–Kier alpha value is -2.42. The maximum Gasteiger partial charge on any atom is 0.365 e. The van der Waals surface area contributed by atoms with Crippen molar-refractivity contribution in [2.45, 2.75) is 46.0 Å². The van der Waals surface area contributed by atoms with E-state index in [9.17, 15) is 4.79 Å². The summed E-state index contributed by atoms with van der Waals surface area (Å²) in [4.78, 5) is 17.1. The smallest absolute Gasteiger partial charge is 0.313 e. The predicted octanol–water partition coefficient (Wildman–Crippen LogP) is 5.45. The third-order valence-electron chi connectivity index (χ3n) is 4.92. The third-order valence-corrected chi connectivity index (χ3v) is 4.92. The number of rotatable bonds is 5. The van der Waals surface area contributed by atoms with E-state index in [1.54, 1.807) is 12.1 Å². The maximum absolute atomic E-state index is 12.0. The van der Waals surface area contributed by atoms with E-state index in [0.29, 0.717) is 23.3 Å². The second kappa shape index (κ2) is 7.22. The fourth-order valence-electron chi connectivity index (χ4n) is 3.08. The van der Waals surface area contributed by atoms with Gasteiger partial charge in [0.1, 0.15) is 0 Å². The Morgan fingerprint density at radius 2 is 1.72 bits per heavy atom. The van der Waals surface area contributed by atoms with Gasteiger partial charge in [0.2, 0.25) is 0 Å². The lowest BCUT2D eigenvalue weighted by atomic mass is 9.99. The molecule has 0 unspecified atom stereocenters. The molecule has 1 fully saturated rings. The van der Waals surface area contributed by atoms with Crippen LogP contribution >= 0.6 is 0 Å². The maximum atomic E-state index is 12.0. The molecule has 0 aromatic heterocycles. The van der Waals surface area contributed by atoms with E-state index in [0.717, 1.165) is 17.7 Å². The van der Waals surface area contributed by atoms with Crippen LogP contribution in [0.3, 0.4) is 0 Å². The molecule has 0 N–H and O–H groups in total. The van der Waals surface area contributed by atoms with Gasteiger partial charge in [-0.05, 0) is 55.4 Å². The van der Waals surface area contributed by atoms with Crippen molar-refractivity contribution in [1.82, 2.24) is 0 Å². The van der Waals surface area contributed by atoms with Crippen LogP contribution in [0.1, 0.15) is 66.1 Å². The van der Waals surface area contributed by atoms with Gasteiger partial charge in [0.05, 0.1) is 11.3 Å². The van der Waals surface area contributed by atoms with Crippen molar-refractivity contribution in [1.29, 1.82) is 0 Å². The molecular formula is C22H25NO2. The molecule has 0 radical (unpaired) electrons. The highest BCUT2D eigenvalue weighted by atomic mass is 16.7. The van der Waals surface area contributed by atoms with Crippen LogP contribution in [0, 0.1) is 12.8 Å². The zero-order chi connectivity index (χ0) is 18.0. The lowest BCUT2D eigenvalue weighted by molar-refractivity contribution is 0.0514. The van der Waals surface area contributed by atoms with E-state index in [2.05, 4.69) is 43.3 Å². The topological polar surface area (TPSA) is 38.7 Å². The van der Waals surface area contributed by atoms with Gasteiger partial charge in [0.15, 0.2) is 0 Å². The highest BCUT2D eigenvalue weighted by molar-refractivity contribution is 5.91. The Morgan fingerprint density at radius 1 is 1.08 bits per heavy atom. The molecule has 1 aliphatic rings. The quantitative estimate of drug-likeness (QED) is 0.414. The van der Waals surface area contributed by atoms with Crippen LogP contribution in [0.15, 0.2) is 53.7 Å². The summed E-state index contributed by atoms with van der Waals surface area (Å²) in [7, 11) is 0. The molecule has 0 aliphatic heterocycles. The van der Waals surface area contributed by atoms with E-state index in [1.807, 2.05) is 26.0 Å². The minimum atomic E-state index is -0.405. The molecule has 2 aromatic rings. The fourth-order valence-corrected chi connectivity index (χ4v) is 3.08. The number of carbonyl (C=O) groups excluding carboxylic acids is 1.